The van der Waals surface area contributed by atoms with E-state index in [2.05, 4.69) is 23.8 Å². The van der Waals surface area contributed by atoms with E-state index in [1.807, 2.05) is 40.7 Å². The van der Waals surface area contributed by atoms with Crippen LogP contribution in [0.15, 0.2) is 53.6 Å². The van der Waals surface area contributed by atoms with Gasteiger partial charge in [0.15, 0.2) is 0 Å². The lowest BCUT2D eigenvalue weighted by molar-refractivity contribution is 0.417. The SMILES string of the molecule is COc1cccc2c1n(Cc1nccnc1C(C)C)c(=O)n2[C@@H]1CCN(c2c(C)cccc2F)C1. The standard InChI is InChI=1S/C27H30FN5O2/c1-17(2)24-21(29-12-13-30-24)16-32-26-22(9-6-10-23(26)35-4)33(27(32)34)19-11-14-31(15-19)25-18(3)7-5-8-20(25)28/h5-10,12-13,17,19H,11,14-16H2,1-4H3/t19-/m1/s1. The average Bonchev–Trinajstić information content (AvgIpc) is 3.41. The predicted molar refractivity (Wildman–Crippen MR) is 135 cm³/mol. The monoisotopic (exact) mass is 475 g/mol. The largest absolute Gasteiger partial charge is 0.494 e. The van der Waals surface area contributed by atoms with Crippen LogP contribution in [0, 0.1) is 12.7 Å². The molecular formula is C27H30FN5O2. The maximum absolute atomic E-state index is 14.7. The van der Waals surface area contributed by atoms with Gasteiger partial charge < -0.3 is 9.64 Å². The molecule has 1 aliphatic heterocycles. The van der Waals surface area contributed by atoms with Crippen molar-refractivity contribution in [2.45, 2.75) is 45.7 Å². The van der Waals surface area contributed by atoms with Gasteiger partial charge in [0.1, 0.15) is 17.1 Å². The molecule has 0 bridgehead atoms. The summed E-state index contributed by atoms with van der Waals surface area (Å²) in [6.45, 7) is 7.59. The first-order chi connectivity index (χ1) is 16.9. The molecule has 2 aromatic heterocycles. The van der Waals surface area contributed by atoms with E-state index in [4.69, 9.17) is 4.74 Å². The molecule has 1 aliphatic rings. The van der Waals surface area contributed by atoms with Crippen LogP contribution in [-0.4, -0.2) is 39.3 Å². The Morgan fingerprint density at radius 3 is 2.66 bits per heavy atom. The molecule has 0 amide bonds. The van der Waals surface area contributed by atoms with Crippen molar-refractivity contribution < 1.29 is 9.13 Å². The molecule has 0 unspecified atom stereocenters. The lowest BCUT2D eigenvalue weighted by atomic mass is 10.1. The van der Waals surface area contributed by atoms with Crippen molar-refractivity contribution in [1.82, 2.24) is 19.1 Å². The molecule has 0 aliphatic carbocycles. The van der Waals surface area contributed by atoms with Crippen LogP contribution in [0.1, 0.15) is 49.2 Å². The zero-order chi connectivity index (χ0) is 24.7. The second-order valence-electron chi connectivity index (χ2n) is 9.40. The summed E-state index contributed by atoms with van der Waals surface area (Å²) in [7, 11) is 1.61. The number of aromatic nitrogens is 4. The summed E-state index contributed by atoms with van der Waals surface area (Å²) >= 11 is 0. The van der Waals surface area contributed by atoms with E-state index in [9.17, 15) is 9.18 Å². The van der Waals surface area contributed by atoms with Crippen molar-refractivity contribution in [2.75, 3.05) is 25.1 Å². The van der Waals surface area contributed by atoms with Crippen LogP contribution >= 0.6 is 0 Å². The molecule has 0 N–H and O–H groups in total. The lowest BCUT2D eigenvalue weighted by Gasteiger charge is -2.21. The minimum Gasteiger partial charge on any atom is -0.494 e. The Kier molecular flexibility index (Phi) is 6.05. The Bertz CT molecular complexity index is 1420. The van der Waals surface area contributed by atoms with Crippen LogP contribution in [0.2, 0.25) is 0 Å². The van der Waals surface area contributed by atoms with Crippen LogP contribution in [0.3, 0.4) is 0 Å². The second-order valence-corrected chi connectivity index (χ2v) is 9.40. The highest BCUT2D eigenvalue weighted by molar-refractivity contribution is 5.83. The highest BCUT2D eigenvalue weighted by Gasteiger charge is 2.31. The molecule has 7 nitrogen and oxygen atoms in total. The molecular weight excluding hydrogens is 445 g/mol. The highest BCUT2D eigenvalue weighted by Crippen LogP contribution is 2.34. The normalized spacial score (nSPS) is 15.9. The van der Waals surface area contributed by atoms with Crippen LogP contribution in [0.4, 0.5) is 10.1 Å². The molecule has 1 atom stereocenters. The number of aryl methyl sites for hydroxylation is 1. The van der Waals surface area contributed by atoms with Crippen molar-refractivity contribution in [1.29, 1.82) is 0 Å². The minimum atomic E-state index is -0.231. The van der Waals surface area contributed by atoms with E-state index in [0.717, 1.165) is 34.4 Å². The Hall–Kier alpha value is -3.68. The summed E-state index contributed by atoms with van der Waals surface area (Å²) in [5.41, 5.74) is 4.57. The van der Waals surface area contributed by atoms with E-state index in [1.165, 1.54) is 6.07 Å². The fourth-order valence-electron chi connectivity index (χ4n) is 5.28. The number of methoxy groups -OCH3 is 1. The van der Waals surface area contributed by atoms with Gasteiger partial charge in [-0.2, -0.15) is 0 Å². The summed E-state index contributed by atoms with van der Waals surface area (Å²) in [4.78, 5) is 25.0. The fourth-order valence-corrected chi connectivity index (χ4v) is 5.28. The van der Waals surface area contributed by atoms with Crippen molar-refractivity contribution in [3.05, 3.63) is 82.0 Å². The number of ether oxygens (including phenoxy) is 1. The van der Waals surface area contributed by atoms with Gasteiger partial charge in [0.2, 0.25) is 0 Å². The maximum atomic E-state index is 14.7. The van der Waals surface area contributed by atoms with Gasteiger partial charge in [-0.3, -0.25) is 19.1 Å². The summed E-state index contributed by atoms with van der Waals surface area (Å²) in [5, 5.41) is 0. The van der Waals surface area contributed by atoms with Gasteiger partial charge >= 0.3 is 5.69 Å². The van der Waals surface area contributed by atoms with Gasteiger partial charge in [0.05, 0.1) is 42.3 Å². The number of rotatable bonds is 6. The Morgan fingerprint density at radius 2 is 1.91 bits per heavy atom. The molecule has 8 heteroatoms. The third kappa shape index (κ3) is 3.96. The zero-order valence-corrected chi connectivity index (χ0v) is 20.5. The van der Waals surface area contributed by atoms with Gasteiger partial charge in [0.25, 0.3) is 0 Å². The summed E-state index contributed by atoms with van der Waals surface area (Å²) in [5.74, 6) is 0.580. The molecule has 3 heterocycles. The van der Waals surface area contributed by atoms with Crippen molar-refractivity contribution in [3.63, 3.8) is 0 Å². The number of anilines is 1. The first-order valence-electron chi connectivity index (χ1n) is 12.0. The smallest absolute Gasteiger partial charge is 0.329 e. The Morgan fingerprint density at radius 1 is 1.14 bits per heavy atom. The van der Waals surface area contributed by atoms with Crippen LogP contribution in [0.25, 0.3) is 11.0 Å². The topological polar surface area (TPSA) is 65.2 Å². The van der Waals surface area contributed by atoms with Crippen molar-refractivity contribution >= 4 is 16.7 Å². The van der Waals surface area contributed by atoms with Crippen LogP contribution < -0.4 is 15.3 Å². The number of halogens is 1. The van der Waals surface area contributed by atoms with Crippen LogP contribution in [0.5, 0.6) is 5.75 Å². The van der Waals surface area contributed by atoms with Gasteiger partial charge in [0, 0.05) is 25.5 Å². The maximum Gasteiger partial charge on any atom is 0.329 e. The Labute approximate surface area is 203 Å². The summed E-state index contributed by atoms with van der Waals surface area (Å²) < 4.78 is 23.9. The van der Waals surface area contributed by atoms with Gasteiger partial charge in [-0.1, -0.05) is 32.0 Å². The molecule has 1 fully saturated rings. The predicted octanol–water partition coefficient (Wildman–Crippen LogP) is 4.67. The van der Waals surface area contributed by atoms with Crippen molar-refractivity contribution in [2.24, 2.45) is 0 Å². The second kappa shape index (κ2) is 9.17. The van der Waals surface area contributed by atoms with E-state index in [1.54, 1.807) is 30.1 Å². The number of para-hydroxylation sites is 2. The average molecular weight is 476 g/mol. The van der Waals surface area contributed by atoms with E-state index in [0.29, 0.717) is 31.1 Å². The minimum absolute atomic E-state index is 0.0937. The quantitative estimate of drug-likeness (QED) is 0.405. The molecule has 1 saturated heterocycles. The molecule has 0 spiro atoms. The van der Waals surface area contributed by atoms with Crippen LogP contribution in [-0.2, 0) is 6.54 Å². The first kappa shape index (κ1) is 23.1. The summed E-state index contributed by atoms with van der Waals surface area (Å²) in [6.07, 6.45) is 4.09. The molecule has 182 valence electrons. The highest BCUT2D eigenvalue weighted by atomic mass is 19.1. The number of hydrogen-bond acceptors (Lipinski definition) is 5. The Balaban J connectivity index is 1.61. The fraction of sp³-hybridized carbons (Fsp3) is 0.370. The third-order valence-electron chi connectivity index (χ3n) is 6.86. The zero-order valence-electron chi connectivity index (χ0n) is 20.5. The third-order valence-corrected chi connectivity index (χ3v) is 6.86. The van der Waals surface area contributed by atoms with E-state index in [-0.39, 0.29) is 23.5 Å². The van der Waals surface area contributed by atoms with Gasteiger partial charge in [-0.25, -0.2) is 9.18 Å². The number of hydrogen-bond donors (Lipinski definition) is 0. The number of fused-ring (bicyclic) bond motifs is 1. The lowest BCUT2D eigenvalue weighted by Crippen LogP contribution is -2.30. The number of imidazole rings is 1. The van der Waals surface area contributed by atoms with Crippen molar-refractivity contribution in [3.8, 4) is 5.75 Å². The number of nitrogens with zero attached hydrogens (tertiary/aromatic N) is 5. The molecule has 35 heavy (non-hydrogen) atoms. The molecule has 0 saturated carbocycles. The summed E-state index contributed by atoms with van der Waals surface area (Å²) in [6, 6.07) is 10.8. The molecule has 4 aromatic rings. The van der Waals surface area contributed by atoms with Gasteiger partial charge in [-0.05, 0) is 43.0 Å². The number of benzene rings is 2. The van der Waals surface area contributed by atoms with E-state index < -0.39 is 0 Å². The molecule has 5 rings (SSSR count). The van der Waals surface area contributed by atoms with Gasteiger partial charge in [-0.15, -0.1) is 0 Å². The molecule has 0 radical (unpaired) electrons. The van der Waals surface area contributed by atoms with E-state index >= 15 is 0 Å². The molecule has 2 aromatic carbocycles. The first-order valence-corrected chi connectivity index (χ1v) is 12.0.